The molecule has 0 heterocycles. The van der Waals surface area contributed by atoms with Gasteiger partial charge in [0.2, 0.25) is 0 Å². The number of carbonyl (C=O) groups excluding carboxylic acids is 2. The second-order valence-electron chi connectivity index (χ2n) is 7.35. The fourth-order valence-corrected chi connectivity index (χ4v) is 3.28. The van der Waals surface area contributed by atoms with Crippen LogP contribution in [0.2, 0.25) is 0 Å². The summed E-state index contributed by atoms with van der Waals surface area (Å²) in [7, 11) is 3.92. The van der Waals surface area contributed by atoms with Crippen molar-refractivity contribution >= 4 is 17.5 Å². The lowest BCUT2D eigenvalue weighted by Gasteiger charge is -2.23. The number of anilines is 1. The number of nitrogens with one attached hydrogen (secondary N) is 2. The molecule has 1 unspecified atom stereocenters. The molecule has 0 saturated carbocycles. The first-order valence-electron chi connectivity index (χ1n) is 8.73. The molecule has 0 radical (unpaired) electrons. The Morgan fingerprint density at radius 2 is 1.83 bits per heavy atom. The van der Waals surface area contributed by atoms with Crippen LogP contribution in [-0.2, 0) is 22.4 Å². The third-order valence-corrected chi connectivity index (χ3v) is 4.24. The summed E-state index contributed by atoms with van der Waals surface area (Å²) in [6.45, 7) is 4.94. The van der Waals surface area contributed by atoms with Gasteiger partial charge in [-0.25, -0.2) is 0 Å². The van der Waals surface area contributed by atoms with Gasteiger partial charge in [-0.3, -0.25) is 9.59 Å². The van der Waals surface area contributed by atoms with Crippen molar-refractivity contribution in [1.82, 2.24) is 10.2 Å². The van der Waals surface area contributed by atoms with Gasteiger partial charge in [0.1, 0.15) is 0 Å². The predicted molar refractivity (Wildman–Crippen MR) is 97.0 cm³/mol. The molecule has 5 heteroatoms. The van der Waals surface area contributed by atoms with Crippen LogP contribution in [0.4, 0.5) is 5.69 Å². The van der Waals surface area contributed by atoms with E-state index < -0.39 is 11.8 Å². The fraction of sp³-hybridized carbons (Fsp3) is 0.579. The van der Waals surface area contributed by atoms with Crippen LogP contribution in [0, 0.1) is 5.92 Å². The van der Waals surface area contributed by atoms with Crippen LogP contribution in [0.25, 0.3) is 0 Å². The minimum absolute atomic E-state index is 0.0294. The van der Waals surface area contributed by atoms with Gasteiger partial charge < -0.3 is 15.5 Å². The number of rotatable bonds is 6. The van der Waals surface area contributed by atoms with Crippen LogP contribution in [0.1, 0.15) is 37.8 Å². The van der Waals surface area contributed by atoms with E-state index in [2.05, 4.69) is 24.5 Å². The quantitative estimate of drug-likeness (QED) is 0.786. The fourth-order valence-electron chi connectivity index (χ4n) is 3.28. The highest BCUT2D eigenvalue weighted by Gasteiger charge is 2.21. The Bertz CT molecular complexity index is 586. The minimum Gasteiger partial charge on any atom is -0.344 e. The Morgan fingerprint density at radius 3 is 2.50 bits per heavy atom. The number of amides is 2. The van der Waals surface area contributed by atoms with Crippen molar-refractivity contribution in [2.24, 2.45) is 5.92 Å². The molecule has 24 heavy (non-hydrogen) atoms. The van der Waals surface area contributed by atoms with Gasteiger partial charge in [0.25, 0.3) is 0 Å². The first-order chi connectivity index (χ1) is 11.3. The normalized spacial score (nSPS) is 14.6. The third kappa shape index (κ3) is 5.34. The maximum Gasteiger partial charge on any atom is 0.313 e. The van der Waals surface area contributed by atoms with E-state index in [1.807, 2.05) is 37.2 Å². The first kappa shape index (κ1) is 18.5. The molecule has 0 aliphatic heterocycles. The van der Waals surface area contributed by atoms with E-state index in [1.54, 1.807) is 0 Å². The molecular weight excluding hydrogens is 302 g/mol. The van der Waals surface area contributed by atoms with E-state index in [-0.39, 0.29) is 6.04 Å². The first-order valence-corrected chi connectivity index (χ1v) is 8.73. The van der Waals surface area contributed by atoms with Crippen LogP contribution in [0.3, 0.4) is 0 Å². The predicted octanol–water partition coefficient (Wildman–Crippen LogP) is 2.21. The lowest BCUT2D eigenvalue weighted by atomic mass is 10.0. The summed E-state index contributed by atoms with van der Waals surface area (Å²) in [6, 6.07) is 5.88. The molecule has 0 bridgehead atoms. The Morgan fingerprint density at radius 1 is 1.12 bits per heavy atom. The van der Waals surface area contributed by atoms with Gasteiger partial charge >= 0.3 is 11.8 Å². The van der Waals surface area contributed by atoms with Crippen LogP contribution in [0.5, 0.6) is 0 Å². The summed E-state index contributed by atoms with van der Waals surface area (Å²) in [5.74, 6) is -0.710. The number of aryl methyl sites for hydroxylation is 2. The molecule has 1 aromatic carbocycles. The number of nitrogens with zero attached hydrogens (tertiary/aromatic N) is 1. The average Bonchev–Trinajstić information content (AvgIpc) is 2.93. The van der Waals surface area contributed by atoms with Gasteiger partial charge in [0.15, 0.2) is 0 Å². The molecule has 2 rings (SSSR count). The lowest BCUT2D eigenvalue weighted by molar-refractivity contribution is -0.136. The SMILES string of the molecule is CC(C)CC(CN(C)C)NC(=O)C(=O)Nc1ccc2c(c1)CCC2. The number of benzene rings is 1. The van der Waals surface area contributed by atoms with Crippen molar-refractivity contribution in [2.45, 2.75) is 45.6 Å². The Labute approximate surface area is 144 Å². The molecule has 0 saturated heterocycles. The Kier molecular flexibility index (Phi) is 6.37. The zero-order chi connectivity index (χ0) is 17.7. The highest BCUT2D eigenvalue weighted by Crippen LogP contribution is 2.24. The zero-order valence-corrected chi connectivity index (χ0v) is 15.2. The highest BCUT2D eigenvalue weighted by atomic mass is 16.2. The molecule has 0 aromatic heterocycles. The molecule has 5 nitrogen and oxygen atoms in total. The molecule has 132 valence electrons. The maximum absolute atomic E-state index is 12.2. The van der Waals surface area contributed by atoms with Crippen LogP contribution >= 0.6 is 0 Å². The molecule has 1 aliphatic carbocycles. The Balaban J connectivity index is 1.94. The summed E-state index contributed by atoms with van der Waals surface area (Å²) in [6.07, 6.45) is 4.15. The third-order valence-electron chi connectivity index (χ3n) is 4.24. The number of carbonyl (C=O) groups is 2. The molecular formula is C19H29N3O2. The standard InChI is InChI=1S/C19H29N3O2/c1-13(2)10-17(12-22(3)4)21-19(24)18(23)20-16-9-8-14-6-5-7-15(14)11-16/h8-9,11,13,17H,5-7,10,12H2,1-4H3,(H,20,23)(H,21,24). The summed E-state index contributed by atoms with van der Waals surface area (Å²) in [5, 5.41) is 5.58. The van der Waals surface area contributed by atoms with Gasteiger partial charge in [-0.1, -0.05) is 19.9 Å². The average molecular weight is 331 g/mol. The van der Waals surface area contributed by atoms with Gasteiger partial charge in [-0.05, 0) is 69.0 Å². The van der Waals surface area contributed by atoms with E-state index in [9.17, 15) is 9.59 Å². The van der Waals surface area contributed by atoms with Crippen LogP contribution in [0.15, 0.2) is 18.2 Å². The van der Waals surface area contributed by atoms with E-state index in [0.717, 1.165) is 32.2 Å². The van der Waals surface area contributed by atoms with Crippen molar-refractivity contribution < 1.29 is 9.59 Å². The van der Waals surface area contributed by atoms with Crippen LogP contribution in [-0.4, -0.2) is 43.4 Å². The van der Waals surface area contributed by atoms with Crippen molar-refractivity contribution in [2.75, 3.05) is 26.0 Å². The van der Waals surface area contributed by atoms with Gasteiger partial charge in [-0.2, -0.15) is 0 Å². The smallest absolute Gasteiger partial charge is 0.313 e. The maximum atomic E-state index is 12.2. The number of likely N-dealkylation sites (N-methyl/N-ethyl adjacent to an activating group) is 1. The Hall–Kier alpha value is -1.88. The number of fused-ring (bicyclic) bond motifs is 1. The minimum atomic E-state index is -0.597. The molecule has 2 N–H and O–H groups in total. The van der Waals surface area contributed by atoms with Crippen molar-refractivity contribution in [3.05, 3.63) is 29.3 Å². The van der Waals surface area contributed by atoms with Gasteiger partial charge in [0.05, 0.1) is 0 Å². The molecule has 1 atom stereocenters. The molecule has 1 aromatic rings. The number of hydrogen-bond donors (Lipinski definition) is 2. The molecule has 1 aliphatic rings. The zero-order valence-electron chi connectivity index (χ0n) is 15.2. The van der Waals surface area contributed by atoms with Gasteiger partial charge in [-0.15, -0.1) is 0 Å². The lowest BCUT2D eigenvalue weighted by Crippen LogP contribution is -2.46. The van der Waals surface area contributed by atoms with E-state index in [0.29, 0.717) is 11.6 Å². The highest BCUT2D eigenvalue weighted by molar-refractivity contribution is 6.39. The summed E-state index contributed by atoms with van der Waals surface area (Å²) in [4.78, 5) is 26.4. The molecule has 0 fully saturated rings. The largest absolute Gasteiger partial charge is 0.344 e. The number of hydrogen-bond acceptors (Lipinski definition) is 3. The van der Waals surface area contributed by atoms with E-state index >= 15 is 0 Å². The summed E-state index contributed by atoms with van der Waals surface area (Å²) in [5.41, 5.74) is 3.32. The summed E-state index contributed by atoms with van der Waals surface area (Å²) >= 11 is 0. The molecule has 0 spiro atoms. The second kappa shape index (κ2) is 8.29. The van der Waals surface area contributed by atoms with Crippen LogP contribution < -0.4 is 10.6 Å². The molecule has 2 amide bonds. The van der Waals surface area contributed by atoms with Crippen molar-refractivity contribution in [1.29, 1.82) is 0 Å². The summed E-state index contributed by atoms with van der Waals surface area (Å²) < 4.78 is 0. The van der Waals surface area contributed by atoms with Crippen molar-refractivity contribution in [3.8, 4) is 0 Å². The monoisotopic (exact) mass is 331 g/mol. The van der Waals surface area contributed by atoms with E-state index in [4.69, 9.17) is 0 Å². The second-order valence-corrected chi connectivity index (χ2v) is 7.35. The van der Waals surface area contributed by atoms with E-state index in [1.165, 1.54) is 11.1 Å². The van der Waals surface area contributed by atoms with Gasteiger partial charge in [0, 0.05) is 18.3 Å². The van der Waals surface area contributed by atoms with Crippen molar-refractivity contribution in [3.63, 3.8) is 0 Å². The topological polar surface area (TPSA) is 61.4 Å².